The lowest BCUT2D eigenvalue weighted by Crippen LogP contribution is -2.61. The van der Waals surface area contributed by atoms with Crippen molar-refractivity contribution in [3.05, 3.63) is 328 Å². The highest BCUT2D eigenvalue weighted by atomic mass is 15.2. The van der Waals surface area contributed by atoms with Gasteiger partial charge in [-0.25, -0.2) is 0 Å². The van der Waals surface area contributed by atoms with Gasteiger partial charge in [-0.15, -0.1) is 0 Å². The lowest BCUT2D eigenvalue weighted by Gasteiger charge is -2.46. The van der Waals surface area contributed by atoms with E-state index in [4.69, 9.17) is 1.37 Å². The number of anilines is 6. The minimum atomic E-state index is -1.29. The van der Waals surface area contributed by atoms with E-state index < -0.39 is 159 Å². The molecule has 0 spiro atoms. The molecule has 4 heterocycles. The van der Waals surface area contributed by atoms with Crippen molar-refractivity contribution in [2.24, 2.45) is 0 Å². The van der Waals surface area contributed by atoms with Crippen LogP contribution in [-0.2, 0) is 54.1 Å². The molecule has 5 heteroatoms. The van der Waals surface area contributed by atoms with E-state index in [0.29, 0.717) is 44.6 Å². The van der Waals surface area contributed by atoms with E-state index in [1.54, 1.807) is 32.9 Å². The Morgan fingerprint density at radius 3 is 1.18 bits per heavy atom. The molecule has 14 aromatic carbocycles. The van der Waals surface area contributed by atoms with Crippen LogP contribution in [0.2, 0.25) is 0 Å². The third-order valence-corrected chi connectivity index (χ3v) is 26.2. The summed E-state index contributed by atoms with van der Waals surface area (Å²) < 4.78 is 233. The molecule has 0 bridgehead atoms. The minimum Gasteiger partial charge on any atom is -0.310 e. The van der Waals surface area contributed by atoms with Crippen molar-refractivity contribution in [3.63, 3.8) is 0 Å². The van der Waals surface area contributed by atoms with Crippen LogP contribution in [0.25, 0.3) is 111 Å². The van der Waals surface area contributed by atoms with E-state index in [9.17, 15) is 28.8 Å². The summed E-state index contributed by atoms with van der Waals surface area (Å²) in [6.45, 7) is 60.1. The zero-order valence-electron chi connectivity index (χ0n) is 103. The number of benzene rings is 14. The van der Waals surface area contributed by atoms with E-state index in [0.717, 1.165) is 66.3 Å². The van der Waals surface area contributed by atoms with Gasteiger partial charge in [-0.05, 0) is 250 Å². The van der Waals surface area contributed by atoms with Gasteiger partial charge in [-0.3, -0.25) is 0 Å². The highest BCUT2D eigenvalue weighted by Crippen LogP contribution is 2.59. The Bertz CT molecular complexity index is 8410. The van der Waals surface area contributed by atoms with Crippen LogP contribution in [0.4, 0.5) is 34.1 Å². The monoisotopic (exact) mass is 1710 g/mol. The fourth-order valence-corrected chi connectivity index (χ4v) is 19.0. The van der Waals surface area contributed by atoms with Gasteiger partial charge >= 0.3 is 0 Å². The quantitative estimate of drug-likeness (QED) is 0.134. The summed E-state index contributed by atoms with van der Waals surface area (Å²) in [5, 5.41) is 1.30. The first-order valence-corrected chi connectivity index (χ1v) is 45.6. The molecule has 0 saturated heterocycles. The van der Waals surface area contributed by atoms with Gasteiger partial charge in [-0.1, -0.05) is 389 Å². The number of hydrogen-bond acceptors (Lipinski definition) is 2. The summed E-state index contributed by atoms with van der Waals surface area (Å²) in [5.41, 5.74) is 4.78. The lowest BCUT2D eigenvalue weighted by molar-refractivity contribution is 0.569. The Kier molecular flexibility index (Phi) is 15.4. The van der Waals surface area contributed by atoms with Gasteiger partial charge in [0.15, 0.2) is 0 Å². The molecule has 0 radical (unpaired) electrons. The van der Waals surface area contributed by atoms with E-state index in [1.807, 2.05) is 110 Å². The van der Waals surface area contributed by atoms with Crippen LogP contribution in [0.3, 0.4) is 0 Å². The topological polar surface area (TPSA) is 16.3 Å². The SMILES string of the molecule is [2H]c1c([2H])c([2H])c(-c2ccc3c(c2)N(c2c(-c4ccccc4C(C)(C)C)cc(C(C)(C)C)cc2-c2ccc(C(C)(C)C)cc2C(C)(C)C)c2cc(-n4c5c([2H])c([2H])c([2H])c([2H])c5c5c([2H])c([2H])c([2H])c([2H])c54)cc4c2B3c2ccc(-n3c5ccc(C(C)(C)C)cc5c5cc(C(C)(C)C)ccc53)cc2N4c2c(-c3c([2H])c([2H])c(C(C)(C)C)c([2H])c3[2H])c([2H])c(C(C)(C)C)c([2H])c2-c2c([2H])c(C(C)(C)C)c([2H])c([2H])c2C(C)(C)C)c([2H])c1[2H]. The Balaban J connectivity index is 1.23. The van der Waals surface area contributed by atoms with E-state index in [-0.39, 0.29) is 141 Å². The molecule has 2 aliphatic heterocycles. The molecular formula is C124H135BN4. The molecule has 0 fully saturated rings. The molecule has 0 atom stereocenters. The van der Waals surface area contributed by atoms with Gasteiger partial charge in [-0.2, -0.15) is 0 Å². The first-order valence-electron chi connectivity index (χ1n) is 56.6. The second-order valence-corrected chi connectivity index (χ2v) is 46.3. The molecular weight excluding hydrogens is 1560 g/mol. The van der Waals surface area contributed by atoms with E-state index in [2.05, 4.69) is 219 Å². The number of rotatable bonds is 9. The van der Waals surface area contributed by atoms with Gasteiger partial charge in [0.25, 0.3) is 6.71 Å². The van der Waals surface area contributed by atoms with Crippen LogP contribution in [0.1, 0.15) is 294 Å². The third-order valence-electron chi connectivity index (χ3n) is 26.2. The van der Waals surface area contributed by atoms with Gasteiger partial charge in [0, 0.05) is 72.2 Å². The highest BCUT2D eigenvalue weighted by Gasteiger charge is 2.48. The maximum atomic E-state index is 12.0. The second kappa shape index (κ2) is 30.5. The predicted octanol–water partition coefficient (Wildman–Crippen LogP) is 33.3. The Morgan fingerprint density at radius 2 is 0.659 bits per heavy atom. The Hall–Kier alpha value is -11.7. The second-order valence-electron chi connectivity index (χ2n) is 46.3. The molecule has 4 nitrogen and oxygen atoms in total. The van der Waals surface area contributed by atoms with Gasteiger partial charge < -0.3 is 18.9 Å². The van der Waals surface area contributed by atoms with Crippen molar-refractivity contribution in [2.45, 2.75) is 262 Å². The third kappa shape index (κ3) is 15.5. The normalized spacial score (nSPS) is 16.2. The largest absolute Gasteiger partial charge is 0.310 e. The Morgan fingerprint density at radius 1 is 0.233 bits per heavy atom. The number of nitrogens with zero attached hydrogens (tertiary/aromatic N) is 4. The van der Waals surface area contributed by atoms with Crippen molar-refractivity contribution >= 4 is 101 Å². The standard InChI is InChI=1S/C124H135BN4/c1-115(2,3)79-51-48-77(49-52-79)92-68-84(120(16,17)18)71-98(93-65-80(116(4,5)6)54-59-100(93)123(25,26)27)113(92)129-109-73-86(126-106-62-55-81(117(7,8)9)66-94(106)95-67-82(118(10,11)12)56-63-107(95)126)57-61-103(109)125-102-60-50-78(76-40-32-31-33-41-76)64-108(102)128(110-74-87(75-111(129)112(110)125)127-104-46-38-35-43-90(104)91-44-36-39-47-105(91)127)114-96(88-42-34-37-45-99(88)122(22,23)24)69-85(121(19,20)21)70-97(114)89-58-53-83(119(13,14)15)72-101(89)124(28,29)30/h31-75H,1-30H3/i31D,32D,33D,35D,36D,38D,39D,40D,41D,43D,44D,46D,47D,48D,49D,51D,52D,54D,59D,65D,68D,71D. The van der Waals surface area contributed by atoms with Gasteiger partial charge in [0.05, 0.1) is 69.3 Å². The van der Waals surface area contributed by atoms with Gasteiger partial charge in [0.2, 0.25) is 0 Å². The number of hydrogen-bond donors (Lipinski definition) is 0. The van der Waals surface area contributed by atoms with Crippen LogP contribution in [0.5, 0.6) is 0 Å². The maximum Gasteiger partial charge on any atom is 0.252 e. The van der Waals surface area contributed by atoms with Crippen LogP contribution in [0.15, 0.2) is 272 Å². The average Bonchev–Trinajstić information content (AvgIpc) is 1.60. The van der Waals surface area contributed by atoms with E-state index >= 15 is 0 Å². The summed E-state index contributed by atoms with van der Waals surface area (Å²) in [6.07, 6.45) is 0. The van der Waals surface area contributed by atoms with Crippen molar-refractivity contribution in [3.8, 4) is 67.0 Å². The molecule has 0 aliphatic carbocycles. The molecule has 2 aromatic heterocycles. The summed E-state index contributed by atoms with van der Waals surface area (Å²) in [6, 6.07) is 35.9. The van der Waals surface area contributed by atoms with Crippen molar-refractivity contribution in [2.75, 3.05) is 9.80 Å². The lowest BCUT2D eigenvalue weighted by atomic mass is 9.33. The highest BCUT2D eigenvalue weighted by molar-refractivity contribution is 7.00. The van der Waals surface area contributed by atoms with Crippen molar-refractivity contribution in [1.29, 1.82) is 0 Å². The number of para-hydroxylation sites is 2. The Labute approximate surface area is 802 Å². The van der Waals surface area contributed by atoms with Crippen LogP contribution >= 0.6 is 0 Å². The molecule has 0 unspecified atom stereocenters. The van der Waals surface area contributed by atoms with Crippen LogP contribution in [0, 0.1) is 0 Å². The fourth-order valence-electron chi connectivity index (χ4n) is 19.0. The first kappa shape index (κ1) is 65.0. The molecule has 129 heavy (non-hydrogen) atoms. The molecule has 654 valence electrons. The number of fused-ring (bicyclic) bond motifs is 10. The molecule has 0 saturated carbocycles. The number of aromatic nitrogens is 2. The summed E-state index contributed by atoms with van der Waals surface area (Å²) in [4.78, 5) is 4.03. The first-order chi connectivity index (χ1) is 69.5. The molecule has 0 N–H and O–H groups in total. The van der Waals surface area contributed by atoms with Crippen LogP contribution < -0.4 is 26.2 Å². The van der Waals surface area contributed by atoms with E-state index in [1.165, 1.54) is 4.57 Å². The maximum absolute atomic E-state index is 12.0. The average molecular weight is 1710 g/mol. The molecule has 18 rings (SSSR count). The summed E-state index contributed by atoms with van der Waals surface area (Å²) in [5.74, 6) is 0. The van der Waals surface area contributed by atoms with Crippen molar-refractivity contribution < 1.29 is 30.2 Å². The summed E-state index contributed by atoms with van der Waals surface area (Å²) in [7, 11) is 0. The van der Waals surface area contributed by atoms with Crippen molar-refractivity contribution in [1.82, 2.24) is 9.13 Å². The molecule has 0 amide bonds. The van der Waals surface area contributed by atoms with Gasteiger partial charge in [0.1, 0.15) is 0 Å². The molecule has 16 aromatic rings. The fraction of sp³-hybridized carbons (Fsp3) is 0.323. The zero-order valence-corrected chi connectivity index (χ0v) is 81.1. The predicted molar refractivity (Wildman–Crippen MR) is 563 cm³/mol. The zero-order chi connectivity index (χ0) is 111. The van der Waals surface area contributed by atoms with Crippen LogP contribution in [-0.4, -0.2) is 15.8 Å². The minimum absolute atomic E-state index is 0.0253. The smallest absolute Gasteiger partial charge is 0.252 e. The summed E-state index contributed by atoms with van der Waals surface area (Å²) >= 11 is 0. The molecule has 2 aliphatic rings.